The number of hydrogen-bond donors (Lipinski definition) is 1. The van der Waals surface area contributed by atoms with E-state index < -0.39 is 0 Å². The first-order valence-corrected chi connectivity index (χ1v) is 5.15. The smallest absolute Gasteiger partial charge is 0.156 e. The number of halogens is 1. The van der Waals surface area contributed by atoms with Gasteiger partial charge in [0.2, 0.25) is 0 Å². The molecule has 1 aromatic carbocycles. The molecule has 70 valence electrons. The second-order valence-corrected chi connectivity index (χ2v) is 4.33. The van der Waals surface area contributed by atoms with Crippen LogP contribution in [0.2, 0.25) is 0 Å². The van der Waals surface area contributed by atoms with Crippen LogP contribution in [0, 0.1) is 6.92 Å². The fraction of sp³-hybridized carbons (Fsp3) is 0.400. The average molecular weight is 242 g/mol. The predicted octanol–water partition coefficient (Wildman–Crippen LogP) is 2.95. The van der Waals surface area contributed by atoms with Gasteiger partial charge in [0, 0.05) is 0 Å². The van der Waals surface area contributed by atoms with Crippen LogP contribution in [0.3, 0.4) is 0 Å². The van der Waals surface area contributed by atoms with Gasteiger partial charge in [-0.25, -0.2) is 0 Å². The maximum absolute atomic E-state index is 5.61. The van der Waals surface area contributed by atoms with Gasteiger partial charge in [0.25, 0.3) is 0 Å². The number of aryl methyl sites for hydroxylation is 1. The Balaban J connectivity index is 2.47. The summed E-state index contributed by atoms with van der Waals surface area (Å²) in [6.45, 7) is 4.92. The number of nitrogens with one attached hydrogen (secondary N) is 1. The van der Waals surface area contributed by atoms with E-state index in [1.165, 1.54) is 5.56 Å². The lowest BCUT2D eigenvalue weighted by atomic mass is 10.1. The maximum Gasteiger partial charge on any atom is 0.156 e. The Bertz CT molecular complexity index is 338. The van der Waals surface area contributed by atoms with E-state index >= 15 is 0 Å². The molecular weight excluding hydrogens is 230 g/mol. The molecule has 1 heterocycles. The van der Waals surface area contributed by atoms with E-state index in [0.717, 1.165) is 22.5 Å². The molecule has 0 spiro atoms. The largest absolute Gasteiger partial charge is 0.488 e. The number of benzene rings is 1. The molecule has 13 heavy (non-hydrogen) atoms. The van der Waals surface area contributed by atoms with Crippen LogP contribution in [0.1, 0.15) is 12.5 Å². The first kappa shape index (κ1) is 8.88. The van der Waals surface area contributed by atoms with Crippen LogP contribution in [-0.2, 0) is 0 Å². The van der Waals surface area contributed by atoms with Gasteiger partial charge in [-0.1, -0.05) is 0 Å². The minimum atomic E-state index is 0.390. The minimum Gasteiger partial charge on any atom is -0.488 e. The van der Waals surface area contributed by atoms with Crippen LogP contribution in [-0.4, -0.2) is 12.6 Å². The van der Waals surface area contributed by atoms with Crippen molar-refractivity contribution in [2.75, 3.05) is 11.9 Å². The van der Waals surface area contributed by atoms with Crippen molar-refractivity contribution in [1.82, 2.24) is 0 Å². The molecule has 1 aromatic rings. The molecule has 1 N–H and O–H groups in total. The van der Waals surface area contributed by atoms with Gasteiger partial charge in [0.15, 0.2) is 5.75 Å². The Morgan fingerprint density at radius 3 is 3.08 bits per heavy atom. The molecule has 0 saturated heterocycles. The Morgan fingerprint density at radius 1 is 1.54 bits per heavy atom. The first-order chi connectivity index (χ1) is 6.16. The summed E-state index contributed by atoms with van der Waals surface area (Å²) in [7, 11) is 0. The van der Waals surface area contributed by atoms with E-state index in [1.807, 2.05) is 0 Å². The van der Waals surface area contributed by atoms with E-state index in [-0.39, 0.29) is 0 Å². The SMILES string of the molecule is Cc1cc(Br)c2c(c1)NC(C)CO2. The second kappa shape index (κ2) is 3.22. The molecule has 2 nitrogen and oxygen atoms in total. The van der Waals surface area contributed by atoms with Gasteiger partial charge in [-0.05, 0) is 47.5 Å². The van der Waals surface area contributed by atoms with E-state index in [4.69, 9.17) is 4.74 Å². The van der Waals surface area contributed by atoms with Crippen LogP contribution in [0.25, 0.3) is 0 Å². The Hall–Kier alpha value is -0.700. The number of hydrogen-bond acceptors (Lipinski definition) is 2. The summed E-state index contributed by atoms with van der Waals surface area (Å²) in [5.41, 5.74) is 2.32. The summed E-state index contributed by atoms with van der Waals surface area (Å²) in [6.07, 6.45) is 0. The van der Waals surface area contributed by atoms with Crippen molar-refractivity contribution in [3.63, 3.8) is 0 Å². The van der Waals surface area contributed by atoms with Gasteiger partial charge in [-0.2, -0.15) is 0 Å². The molecule has 1 atom stereocenters. The van der Waals surface area contributed by atoms with Crippen LogP contribution in [0.5, 0.6) is 5.75 Å². The number of fused-ring (bicyclic) bond motifs is 1. The van der Waals surface area contributed by atoms with E-state index in [2.05, 4.69) is 47.2 Å². The normalized spacial score (nSPS) is 20.1. The fourth-order valence-electron chi connectivity index (χ4n) is 1.50. The third kappa shape index (κ3) is 1.66. The van der Waals surface area contributed by atoms with Gasteiger partial charge in [-0.3, -0.25) is 0 Å². The molecule has 1 aliphatic rings. The highest BCUT2D eigenvalue weighted by atomic mass is 79.9. The quantitative estimate of drug-likeness (QED) is 0.755. The molecule has 0 saturated carbocycles. The van der Waals surface area contributed by atoms with Crippen molar-refractivity contribution in [2.24, 2.45) is 0 Å². The predicted molar refractivity (Wildman–Crippen MR) is 57.5 cm³/mol. The highest BCUT2D eigenvalue weighted by Gasteiger charge is 2.17. The van der Waals surface area contributed by atoms with Crippen molar-refractivity contribution >= 4 is 21.6 Å². The Morgan fingerprint density at radius 2 is 2.31 bits per heavy atom. The summed E-state index contributed by atoms with van der Waals surface area (Å²) < 4.78 is 6.64. The van der Waals surface area contributed by atoms with E-state index in [0.29, 0.717) is 6.04 Å². The van der Waals surface area contributed by atoms with Crippen LogP contribution in [0.4, 0.5) is 5.69 Å². The summed E-state index contributed by atoms with van der Waals surface area (Å²) in [5.74, 6) is 0.934. The zero-order valence-corrected chi connectivity index (χ0v) is 9.31. The van der Waals surface area contributed by atoms with Crippen LogP contribution in [0.15, 0.2) is 16.6 Å². The van der Waals surface area contributed by atoms with Gasteiger partial charge < -0.3 is 10.1 Å². The van der Waals surface area contributed by atoms with Gasteiger partial charge in [0.1, 0.15) is 6.61 Å². The van der Waals surface area contributed by atoms with Crippen LogP contribution < -0.4 is 10.1 Å². The highest BCUT2D eigenvalue weighted by Crippen LogP contribution is 2.37. The fourth-order valence-corrected chi connectivity index (χ4v) is 2.19. The second-order valence-electron chi connectivity index (χ2n) is 3.48. The first-order valence-electron chi connectivity index (χ1n) is 4.36. The molecule has 0 fully saturated rings. The summed E-state index contributed by atoms with van der Waals surface area (Å²) in [6, 6.07) is 4.56. The molecule has 1 aliphatic heterocycles. The van der Waals surface area contributed by atoms with E-state index in [1.54, 1.807) is 0 Å². The average Bonchev–Trinajstić information content (AvgIpc) is 2.02. The lowest BCUT2D eigenvalue weighted by Crippen LogP contribution is -2.28. The lowest BCUT2D eigenvalue weighted by Gasteiger charge is -2.26. The molecule has 0 aliphatic carbocycles. The summed E-state index contributed by atoms with van der Waals surface area (Å²) in [4.78, 5) is 0. The molecule has 3 heteroatoms. The summed E-state index contributed by atoms with van der Waals surface area (Å²) in [5, 5.41) is 3.39. The number of ether oxygens (including phenoxy) is 1. The van der Waals surface area contributed by atoms with E-state index in [9.17, 15) is 0 Å². The topological polar surface area (TPSA) is 21.3 Å². The molecule has 0 aromatic heterocycles. The molecule has 1 unspecified atom stereocenters. The highest BCUT2D eigenvalue weighted by molar-refractivity contribution is 9.10. The van der Waals surface area contributed by atoms with Gasteiger partial charge in [-0.15, -0.1) is 0 Å². The lowest BCUT2D eigenvalue weighted by molar-refractivity contribution is 0.290. The minimum absolute atomic E-state index is 0.390. The van der Waals surface area contributed by atoms with Crippen molar-refractivity contribution in [2.45, 2.75) is 19.9 Å². The zero-order valence-electron chi connectivity index (χ0n) is 7.73. The van der Waals surface area contributed by atoms with Crippen molar-refractivity contribution in [1.29, 1.82) is 0 Å². The van der Waals surface area contributed by atoms with Crippen molar-refractivity contribution in [3.8, 4) is 5.75 Å². The Labute approximate surface area is 86.4 Å². The number of anilines is 1. The third-order valence-electron chi connectivity index (χ3n) is 2.07. The standard InChI is InChI=1S/C10H12BrNO/c1-6-3-8(11)10-9(4-6)12-7(2)5-13-10/h3-4,7,12H,5H2,1-2H3. The van der Waals surface area contributed by atoms with Gasteiger partial charge >= 0.3 is 0 Å². The van der Waals surface area contributed by atoms with Gasteiger partial charge in [0.05, 0.1) is 16.2 Å². The molecular formula is C10H12BrNO. The molecule has 2 rings (SSSR count). The van der Waals surface area contributed by atoms with Crippen LogP contribution >= 0.6 is 15.9 Å². The molecule has 0 amide bonds. The monoisotopic (exact) mass is 241 g/mol. The molecule has 0 bridgehead atoms. The number of rotatable bonds is 0. The van der Waals surface area contributed by atoms with Crippen molar-refractivity contribution < 1.29 is 4.74 Å². The maximum atomic E-state index is 5.61. The third-order valence-corrected chi connectivity index (χ3v) is 2.66. The Kier molecular flexibility index (Phi) is 2.20. The summed E-state index contributed by atoms with van der Waals surface area (Å²) >= 11 is 3.49. The van der Waals surface area contributed by atoms with Crippen molar-refractivity contribution in [3.05, 3.63) is 22.2 Å². The zero-order chi connectivity index (χ0) is 9.42. The molecule has 0 radical (unpaired) electrons.